The number of esters is 1. The Morgan fingerprint density at radius 1 is 1.28 bits per heavy atom. The number of unbranched alkanes of at least 4 members (excludes halogenated alkanes) is 3. The van der Waals surface area contributed by atoms with Crippen LogP contribution in [0.2, 0.25) is 0 Å². The van der Waals surface area contributed by atoms with E-state index in [0.717, 1.165) is 25.7 Å². The Morgan fingerprint density at radius 3 is 2.61 bits per heavy atom. The largest absolute Gasteiger partial charge is 0.427 e. The number of benzene rings is 1. The zero-order valence-electron chi connectivity index (χ0n) is 10.5. The van der Waals surface area contributed by atoms with Crippen LogP contribution in [-0.2, 0) is 4.79 Å². The van der Waals surface area contributed by atoms with E-state index >= 15 is 0 Å². The standard InChI is InChI=1S/C14H17NO2S/c1-2-3-4-5-6-14(16)17-13-9-7-12(8-10-13)15-11-18/h7-10H,2-6H2,1H3. The minimum atomic E-state index is -0.183. The fourth-order valence-electron chi connectivity index (χ4n) is 1.52. The maximum atomic E-state index is 11.5. The van der Waals surface area contributed by atoms with E-state index < -0.39 is 0 Å². The number of hydrogen-bond donors (Lipinski definition) is 0. The molecule has 4 heteroatoms. The molecule has 0 unspecified atom stereocenters. The van der Waals surface area contributed by atoms with Gasteiger partial charge in [0.05, 0.1) is 10.8 Å². The van der Waals surface area contributed by atoms with Gasteiger partial charge in [0.2, 0.25) is 0 Å². The third-order valence-corrected chi connectivity index (χ3v) is 2.57. The van der Waals surface area contributed by atoms with Crippen molar-refractivity contribution < 1.29 is 9.53 Å². The molecule has 0 aliphatic carbocycles. The summed E-state index contributed by atoms with van der Waals surface area (Å²) >= 11 is 4.50. The molecule has 0 amide bonds. The van der Waals surface area contributed by atoms with Crippen LogP contribution in [0.1, 0.15) is 39.0 Å². The molecule has 0 atom stereocenters. The molecule has 18 heavy (non-hydrogen) atoms. The summed E-state index contributed by atoms with van der Waals surface area (Å²) in [6.45, 7) is 2.14. The van der Waals surface area contributed by atoms with Gasteiger partial charge in [0.15, 0.2) is 0 Å². The molecule has 0 heterocycles. The van der Waals surface area contributed by atoms with Crippen molar-refractivity contribution in [2.45, 2.75) is 39.0 Å². The fraction of sp³-hybridized carbons (Fsp3) is 0.429. The van der Waals surface area contributed by atoms with Crippen LogP contribution in [0, 0.1) is 0 Å². The van der Waals surface area contributed by atoms with Crippen LogP contribution in [0.5, 0.6) is 5.75 Å². The number of rotatable bonds is 7. The summed E-state index contributed by atoms with van der Waals surface area (Å²) in [5, 5.41) is 2.28. The molecule has 0 bridgehead atoms. The second kappa shape index (κ2) is 8.56. The van der Waals surface area contributed by atoms with Crippen LogP contribution in [0.25, 0.3) is 0 Å². The number of aliphatic imine (C=N–C) groups is 1. The smallest absolute Gasteiger partial charge is 0.311 e. The molecular formula is C14H17NO2S. The third-order valence-electron chi connectivity index (χ3n) is 2.48. The van der Waals surface area contributed by atoms with Crippen molar-refractivity contribution in [3.05, 3.63) is 24.3 Å². The van der Waals surface area contributed by atoms with E-state index in [1.807, 2.05) is 0 Å². The Kier molecular flexibility index (Phi) is 6.92. The maximum Gasteiger partial charge on any atom is 0.311 e. The fourth-order valence-corrected chi connectivity index (χ4v) is 1.63. The van der Waals surface area contributed by atoms with Crippen molar-refractivity contribution in [3.63, 3.8) is 0 Å². The zero-order valence-corrected chi connectivity index (χ0v) is 11.3. The molecule has 3 nitrogen and oxygen atoms in total. The van der Waals surface area contributed by atoms with Gasteiger partial charge in [-0.3, -0.25) is 4.79 Å². The average molecular weight is 263 g/mol. The number of ether oxygens (including phenoxy) is 1. The van der Waals surface area contributed by atoms with E-state index in [4.69, 9.17) is 4.74 Å². The summed E-state index contributed by atoms with van der Waals surface area (Å²) < 4.78 is 5.20. The second-order valence-electron chi connectivity index (χ2n) is 3.98. The van der Waals surface area contributed by atoms with E-state index in [9.17, 15) is 4.79 Å². The number of isothiocyanates is 1. The summed E-state index contributed by atoms with van der Waals surface area (Å²) in [5.41, 5.74) is 0.702. The first-order chi connectivity index (χ1) is 8.76. The van der Waals surface area contributed by atoms with Crippen LogP contribution in [0.3, 0.4) is 0 Å². The third kappa shape index (κ3) is 5.71. The lowest BCUT2D eigenvalue weighted by atomic mass is 10.1. The number of carbonyl (C=O) groups is 1. The molecule has 96 valence electrons. The van der Waals surface area contributed by atoms with Gasteiger partial charge in [-0.15, -0.1) is 0 Å². The van der Waals surface area contributed by atoms with Crippen molar-refractivity contribution in [2.75, 3.05) is 0 Å². The first kappa shape index (κ1) is 14.6. The second-order valence-corrected chi connectivity index (χ2v) is 4.16. The monoisotopic (exact) mass is 263 g/mol. The predicted molar refractivity (Wildman–Crippen MR) is 75.5 cm³/mol. The van der Waals surface area contributed by atoms with Crippen LogP contribution >= 0.6 is 12.2 Å². The van der Waals surface area contributed by atoms with Gasteiger partial charge in [0.25, 0.3) is 0 Å². The summed E-state index contributed by atoms with van der Waals surface area (Å²) in [7, 11) is 0. The molecule has 0 radical (unpaired) electrons. The van der Waals surface area contributed by atoms with Crippen molar-refractivity contribution in [2.24, 2.45) is 4.99 Å². The van der Waals surface area contributed by atoms with Gasteiger partial charge >= 0.3 is 5.97 Å². The van der Waals surface area contributed by atoms with E-state index in [0.29, 0.717) is 17.9 Å². The minimum Gasteiger partial charge on any atom is -0.427 e. The highest BCUT2D eigenvalue weighted by molar-refractivity contribution is 7.78. The van der Waals surface area contributed by atoms with Gasteiger partial charge in [-0.1, -0.05) is 26.2 Å². The summed E-state index contributed by atoms with van der Waals surface area (Å²) in [5.74, 6) is 0.357. The predicted octanol–water partition coefficient (Wildman–Crippen LogP) is 4.30. The zero-order chi connectivity index (χ0) is 13.2. The molecule has 0 N–H and O–H groups in total. The lowest BCUT2D eigenvalue weighted by molar-refractivity contribution is -0.134. The normalized spacial score (nSPS) is 9.61. The van der Waals surface area contributed by atoms with Gasteiger partial charge in [0, 0.05) is 6.42 Å². The first-order valence-corrected chi connectivity index (χ1v) is 6.55. The van der Waals surface area contributed by atoms with Crippen molar-refractivity contribution in [3.8, 4) is 5.75 Å². The van der Waals surface area contributed by atoms with Gasteiger partial charge in [0.1, 0.15) is 5.75 Å². The highest BCUT2D eigenvalue weighted by atomic mass is 32.1. The molecule has 0 fully saturated rings. The van der Waals surface area contributed by atoms with Crippen molar-refractivity contribution in [1.82, 2.24) is 0 Å². The van der Waals surface area contributed by atoms with E-state index in [-0.39, 0.29) is 5.97 Å². The number of carbonyl (C=O) groups excluding carboxylic acids is 1. The van der Waals surface area contributed by atoms with Gasteiger partial charge in [-0.25, -0.2) is 0 Å². The SMILES string of the molecule is CCCCCCC(=O)Oc1ccc(N=C=S)cc1. The number of nitrogens with zero attached hydrogens (tertiary/aromatic N) is 1. The summed E-state index contributed by atoms with van der Waals surface area (Å²) in [6.07, 6.45) is 4.77. The quantitative estimate of drug-likeness (QED) is 0.242. The topological polar surface area (TPSA) is 38.7 Å². The summed E-state index contributed by atoms with van der Waals surface area (Å²) in [4.78, 5) is 15.3. The van der Waals surface area contributed by atoms with Crippen LogP contribution in [0.15, 0.2) is 29.3 Å². The molecule has 0 aliphatic heterocycles. The molecule has 0 saturated heterocycles. The molecular weight excluding hydrogens is 246 g/mol. The van der Waals surface area contributed by atoms with Gasteiger partial charge < -0.3 is 4.74 Å². The van der Waals surface area contributed by atoms with Gasteiger partial charge in [-0.05, 0) is 42.9 Å². The maximum absolute atomic E-state index is 11.5. The highest BCUT2D eigenvalue weighted by Crippen LogP contribution is 2.18. The number of hydrogen-bond acceptors (Lipinski definition) is 4. The molecule has 0 aliphatic rings. The van der Waals surface area contributed by atoms with E-state index in [2.05, 4.69) is 29.3 Å². The Balaban J connectivity index is 2.37. The van der Waals surface area contributed by atoms with Crippen LogP contribution in [-0.4, -0.2) is 11.1 Å². The van der Waals surface area contributed by atoms with Gasteiger partial charge in [-0.2, -0.15) is 4.99 Å². The van der Waals surface area contributed by atoms with Crippen LogP contribution < -0.4 is 4.74 Å². The Hall–Kier alpha value is -1.51. The molecule has 0 aromatic heterocycles. The van der Waals surface area contributed by atoms with Crippen molar-refractivity contribution >= 4 is 29.0 Å². The Bertz CT molecular complexity index is 422. The molecule has 0 spiro atoms. The Morgan fingerprint density at radius 2 is 2.00 bits per heavy atom. The average Bonchev–Trinajstić information content (AvgIpc) is 2.37. The number of thiocarbonyl (C=S) groups is 1. The molecule has 1 aromatic carbocycles. The van der Waals surface area contributed by atoms with E-state index in [1.54, 1.807) is 24.3 Å². The highest BCUT2D eigenvalue weighted by Gasteiger charge is 2.04. The van der Waals surface area contributed by atoms with E-state index in [1.165, 1.54) is 0 Å². The Labute approximate surface area is 113 Å². The molecule has 0 saturated carbocycles. The van der Waals surface area contributed by atoms with Crippen molar-refractivity contribution in [1.29, 1.82) is 0 Å². The lowest BCUT2D eigenvalue weighted by Crippen LogP contribution is -2.07. The minimum absolute atomic E-state index is 0.183. The molecule has 1 aromatic rings. The first-order valence-electron chi connectivity index (χ1n) is 6.15. The van der Waals surface area contributed by atoms with Crippen LogP contribution in [0.4, 0.5) is 5.69 Å². The summed E-state index contributed by atoms with van der Waals surface area (Å²) in [6, 6.07) is 6.88. The lowest BCUT2D eigenvalue weighted by Gasteiger charge is -2.04. The molecule has 1 rings (SSSR count).